The molecule has 0 saturated heterocycles. The van der Waals surface area contributed by atoms with Crippen molar-refractivity contribution in [3.63, 3.8) is 0 Å². The van der Waals surface area contributed by atoms with Gasteiger partial charge in [-0.05, 0) is 12.1 Å². The first-order valence-corrected chi connectivity index (χ1v) is 5.22. The molecular weight excluding hydrogens is 222 g/mol. The average Bonchev–Trinajstić information content (AvgIpc) is 2.37. The molecule has 0 aliphatic carbocycles. The molecule has 17 heavy (non-hydrogen) atoms. The molecule has 5 heteroatoms. The lowest BCUT2D eigenvalue weighted by molar-refractivity contribution is 0.0763. The molecule has 0 radical (unpaired) electrons. The number of ether oxygens (including phenoxy) is 2. The number of amides is 1. The summed E-state index contributed by atoms with van der Waals surface area (Å²) < 4.78 is 10.2. The quantitative estimate of drug-likeness (QED) is 0.824. The maximum Gasteiger partial charge on any atom is 0.257 e. The van der Waals surface area contributed by atoms with E-state index in [-0.39, 0.29) is 19.1 Å². The maximum atomic E-state index is 12.0. The van der Waals surface area contributed by atoms with Crippen LogP contribution >= 0.6 is 0 Å². The van der Waals surface area contributed by atoms with Gasteiger partial charge in [0.25, 0.3) is 5.91 Å². The van der Waals surface area contributed by atoms with Crippen molar-refractivity contribution in [1.82, 2.24) is 4.90 Å². The summed E-state index contributed by atoms with van der Waals surface area (Å²) in [4.78, 5) is 13.4. The summed E-state index contributed by atoms with van der Waals surface area (Å²) in [6, 6.07) is 5.00. The number of aliphatic hydroxyl groups is 1. The normalized spacial score (nSPS) is 9.88. The lowest BCUT2D eigenvalue weighted by Gasteiger charge is -2.17. The van der Waals surface area contributed by atoms with Gasteiger partial charge in [-0.15, -0.1) is 0 Å². The highest BCUT2D eigenvalue weighted by Crippen LogP contribution is 2.25. The highest BCUT2D eigenvalue weighted by atomic mass is 16.5. The zero-order chi connectivity index (χ0) is 12.8. The lowest BCUT2D eigenvalue weighted by Crippen LogP contribution is -2.29. The van der Waals surface area contributed by atoms with Crippen LogP contribution in [0.1, 0.15) is 10.4 Å². The highest BCUT2D eigenvalue weighted by molar-refractivity contribution is 5.97. The van der Waals surface area contributed by atoms with E-state index >= 15 is 0 Å². The fourth-order valence-electron chi connectivity index (χ4n) is 1.43. The van der Waals surface area contributed by atoms with Crippen molar-refractivity contribution in [3.8, 4) is 11.5 Å². The highest BCUT2D eigenvalue weighted by Gasteiger charge is 2.16. The van der Waals surface area contributed by atoms with Crippen molar-refractivity contribution in [2.45, 2.75) is 0 Å². The Balaban J connectivity index is 3.00. The summed E-state index contributed by atoms with van der Waals surface area (Å²) in [6.45, 7) is 0.217. The summed E-state index contributed by atoms with van der Waals surface area (Å²) in [7, 11) is 4.67. The number of methoxy groups -OCH3 is 2. The second-order valence-corrected chi connectivity index (χ2v) is 3.52. The zero-order valence-electron chi connectivity index (χ0n) is 10.3. The molecule has 0 heterocycles. The number of aliphatic hydroxyl groups excluding tert-OH is 1. The fraction of sp³-hybridized carbons (Fsp3) is 0.417. The third-order valence-corrected chi connectivity index (χ3v) is 2.42. The third-order valence-electron chi connectivity index (χ3n) is 2.42. The van der Waals surface area contributed by atoms with Gasteiger partial charge in [0.15, 0.2) is 0 Å². The van der Waals surface area contributed by atoms with Crippen molar-refractivity contribution in [1.29, 1.82) is 0 Å². The predicted octanol–water partition coefficient (Wildman–Crippen LogP) is 0.768. The monoisotopic (exact) mass is 239 g/mol. The van der Waals surface area contributed by atoms with Gasteiger partial charge < -0.3 is 19.5 Å². The second-order valence-electron chi connectivity index (χ2n) is 3.52. The van der Waals surface area contributed by atoms with Crippen LogP contribution in [-0.4, -0.2) is 50.3 Å². The van der Waals surface area contributed by atoms with E-state index in [1.807, 2.05) is 0 Å². The first-order valence-electron chi connectivity index (χ1n) is 5.22. The third kappa shape index (κ3) is 3.10. The van der Waals surface area contributed by atoms with Crippen molar-refractivity contribution < 1.29 is 19.4 Å². The van der Waals surface area contributed by atoms with Crippen LogP contribution in [0.4, 0.5) is 0 Å². The Morgan fingerprint density at radius 2 is 2.06 bits per heavy atom. The lowest BCUT2D eigenvalue weighted by atomic mass is 10.1. The molecule has 0 aliphatic heterocycles. The minimum atomic E-state index is -0.196. The molecule has 1 N–H and O–H groups in total. The number of nitrogens with zero attached hydrogens (tertiary/aromatic N) is 1. The van der Waals surface area contributed by atoms with E-state index in [4.69, 9.17) is 14.6 Å². The Bertz CT molecular complexity index is 392. The Hall–Kier alpha value is -1.75. The van der Waals surface area contributed by atoms with Crippen LogP contribution in [0.15, 0.2) is 18.2 Å². The molecule has 1 aromatic rings. The van der Waals surface area contributed by atoms with Gasteiger partial charge in [-0.2, -0.15) is 0 Å². The van der Waals surface area contributed by atoms with E-state index in [0.29, 0.717) is 17.1 Å². The van der Waals surface area contributed by atoms with Gasteiger partial charge in [0.2, 0.25) is 0 Å². The molecule has 0 aromatic heterocycles. The van der Waals surface area contributed by atoms with Crippen LogP contribution in [0, 0.1) is 0 Å². The topological polar surface area (TPSA) is 59.0 Å². The molecule has 0 aliphatic rings. The summed E-state index contributed by atoms with van der Waals surface area (Å²) in [6.07, 6.45) is 0. The van der Waals surface area contributed by atoms with E-state index in [2.05, 4.69) is 0 Å². The largest absolute Gasteiger partial charge is 0.497 e. The zero-order valence-corrected chi connectivity index (χ0v) is 10.3. The summed E-state index contributed by atoms with van der Waals surface area (Å²) in [5, 5.41) is 8.80. The summed E-state index contributed by atoms with van der Waals surface area (Å²) in [5.41, 5.74) is 0.448. The molecule has 0 bridgehead atoms. The van der Waals surface area contributed by atoms with Crippen molar-refractivity contribution in [2.24, 2.45) is 0 Å². The van der Waals surface area contributed by atoms with Gasteiger partial charge >= 0.3 is 0 Å². The van der Waals surface area contributed by atoms with Gasteiger partial charge in [-0.3, -0.25) is 4.79 Å². The minimum Gasteiger partial charge on any atom is -0.497 e. The van der Waals surface area contributed by atoms with Gasteiger partial charge in [0, 0.05) is 19.7 Å². The molecule has 1 amide bonds. The molecule has 0 fully saturated rings. The fourth-order valence-corrected chi connectivity index (χ4v) is 1.43. The van der Waals surface area contributed by atoms with E-state index in [1.54, 1.807) is 32.4 Å². The van der Waals surface area contributed by atoms with Crippen molar-refractivity contribution in [3.05, 3.63) is 23.8 Å². The van der Waals surface area contributed by atoms with Crippen LogP contribution in [0.2, 0.25) is 0 Å². The second kappa shape index (κ2) is 6.10. The van der Waals surface area contributed by atoms with Crippen LogP contribution in [0.3, 0.4) is 0 Å². The molecule has 0 saturated carbocycles. The van der Waals surface area contributed by atoms with Gasteiger partial charge in [-0.25, -0.2) is 0 Å². The number of hydrogen-bond acceptors (Lipinski definition) is 4. The Kier molecular flexibility index (Phi) is 4.78. The Morgan fingerprint density at radius 1 is 1.35 bits per heavy atom. The standard InChI is InChI=1S/C12H17NO4/c1-13(6-7-14)12(15)10-5-4-9(16-2)8-11(10)17-3/h4-5,8,14H,6-7H2,1-3H3. The molecule has 5 nitrogen and oxygen atoms in total. The predicted molar refractivity (Wildman–Crippen MR) is 63.6 cm³/mol. The van der Waals surface area contributed by atoms with Gasteiger partial charge in [-0.1, -0.05) is 0 Å². The number of carbonyl (C=O) groups is 1. The van der Waals surface area contributed by atoms with Crippen LogP contribution in [0.25, 0.3) is 0 Å². The molecule has 0 atom stereocenters. The molecule has 0 unspecified atom stereocenters. The number of hydrogen-bond donors (Lipinski definition) is 1. The van der Waals surface area contributed by atoms with Crippen molar-refractivity contribution in [2.75, 3.05) is 34.4 Å². The number of rotatable bonds is 5. The average molecular weight is 239 g/mol. The van der Waals surface area contributed by atoms with E-state index in [0.717, 1.165) is 0 Å². The Morgan fingerprint density at radius 3 is 2.59 bits per heavy atom. The molecule has 1 aromatic carbocycles. The van der Waals surface area contributed by atoms with E-state index in [1.165, 1.54) is 12.0 Å². The minimum absolute atomic E-state index is 0.0687. The number of likely N-dealkylation sites (N-methyl/N-ethyl adjacent to an activating group) is 1. The first kappa shape index (κ1) is 13.3. The van der Waals surface area contributed by atoms with Gasteiger partial charge in [0.1, 0.15) is 11.5 Å². The van der Waals surface area contributed by atoms with E-state index in [9.17, 15) is 4.79 Å². The number of carbonyl (C=O) groups excluding carboxylic acids is 1. The molecular formula is C12H17NO4. The molecule has 0 spiro atoms. The SMILES string of the molecule is COc1ccc(C(=O)N(C)CCO)c(OC)c1. The maximum absolute atomic E-state index is 12.0. The molecule has 94 valence electrons. The number of benzene rings is 1. The van der Waals surface area contributed by atoms with E-state index < -0.39 is 0 Å². The Labute approximate surface area is 101 Å². The van der Waals surface area contributed by atoms with Gasteiger partial charge in [0.05, 0.1) is 26.4 Å². The first-order chi connectivity index (χ1) is 8.13. The van der Waals surface area contributed by atoms with Crippen molar-refractivity contribution >= 4 is 5.91 Å². The summed E-state index contributed by atoms with van der Waals surface area (Å²) in [5.74, 6) is 0.890. The van der Waals surface area contributed by atoms with Crippen LogP contribution in [0.5, 0.6) is 11.5 Å². The summed E-state index contributed by atoms with van der Waals surface area (Å²) >= 11 is 0. The van der Waals surface area contributed by atoms with Crippen LogP contribution < -0.4 is 9.47 Å². The molecule has 1 rings (SSSR count). The smallest absolute Gasteiger partial charge is 0.257 e. The van der Waals surface area contributed by atoms with Crippen LogP contribution in [-0.2, 0) is 0 Å².